The van der Waals surface area contributed by atoms with Crippen LogP contribution in [0.25, 0.3) is 5.76 Å². The smallest absolute Gasteiger partial charge is 0.259 e. The van der Waals surface area contributed by atoms with Crippen molar-refractivity contribution in [2.24, 2.45) is 0 Å². The quantitative estimate of drug-likeness (QED) is 0.313. The van der Waals surface area contributed by atoms with Crippen LogP contribution in [0.4, 0.5) is 5.69 Å². The van der Waals surface area contributed by atoms with Gasteiger partial charge in [-0.2, -0.15) is 0 Å². The number of benzene rings is 2. The van der Waals surface area contributed by atoms with Gasteiger partial charge in [-0.05, 0) is 42.7 Å². The first-order valence-electron chi connectivity index (χ1n) is 8.84. The molecule has 2 aromatic rings. The zero-order chi connectivity index (χ0) is 19.2. The zero-order valence-electron chi connectivity index (χ0n) is 15.2. The van der Waals surface area contributed by atoms with Gasteiger partial charge in [0.05, 0.1) is 24.4 Å². The zero-order valence-corrected chi connectivity index (χ0v) is 15.2. The van der Waals surface area contributed by atoms with Crippen LogP contribution in [0.5, 0.6) is 0 Å². The van der Waals surface area contributed by atoms with Gasteiger partial charge in [-0.25, -0.2) is 0 Å². The first-order chi connectivity index (χ1) is 13.2. The molecule has 0 aromatic heterocycles. The molecule has 1 saturated heterocycles. The predicted octanol–water partition coefficient (Wildman–Crippen LogP) is 3.94. The molecule has 1 heterocycles. The van der Waals surface area contributed by atoms with Crippen molar-refractivity contribution >= 4 is 23.6 Å². The molecule has 0 aliphatic carbocycles. The molecule has 6 nitrogen and oxygen atoms in total. The molecule has 27 heavy (non-hydrogen) atoms. The maximum atomic E-state index is 13.1. The lowest BCUT2D eigenvalue weighted by atomic mass is 10.0. The minimum absolute atomic E-state index is 0.00900. The van der Waals surface area contributed by atoms with Crippen LogP contribution in [0.2, 0.25) is 0 Å². The standard InChI is InChI=1S/C21H23N3O3/c1-27-23-17-11-9-16(10-12-17)20(25)18(14-22)21(26)24-13-5-8-19(24)15-6-3-2-4-7-15/h2-4,6-7,9-12,14,19,22-23,25H,5,8,13H2,1H3/b20-18+,22-14?. The van der Waals surface area contributed by atoms with Gasteiger partial charge in [0.15, 0.2) is 0 Å². The van der Waals surface area contributed by atoms with E-state index < -0.39 is 0 Å². The summed E-state index contributed by atoms with van der Waals surface area (Å²) in [6, 6.07) is 16.6. The molecule has 3 N–H and O–H groups in total. The van der Waals surface area contributed by atoms with E-state index in [1.165, 1.54) is 7.11 Å². The van der Waals surface area contributed by atoms with Crippen molar-refractivity contribution in [3.05, 3.63) is 71.3 Å². The fraction of sp³-hybridized carbons (Fsp3) is 0.238. The number of aliphatic hydroxyl groups is 1. The summed E-state index contributed by atoms with van der Waals surface area (Å²) in [6.45, 7) is 0.611. The summed E-state index contributed by atoms with van der Waals surface area (Å²) >= 11 is 0. The summed E-state index contributed by atoms with van der Waals surface area (Å²) in [6.07, 6.45) is 2.70. The fourth-order valence-corrected chi connectivity index (χ4v) is 3.39. The molecule has 0 saturated carbocycles. The number of amides is 1. The molecule has 1 aliphatic rings. The number of carbonyl (C=O) groups excluding carboxylic acids is 1. The molecule has 3 rings (SSSR count). The summed E-state index contributed by atoms with van der Waals surface area (Å²) in [7, 11) is 1.51. The summed E-state index contributed by atoms with van der Waals surface area (Å²) in [5, 5.41) is 18.3. The lowest BCUT2D eigenvalue weighted by Gasteiger charge is -2.25. The Kier molecular flexibility index (Phi) is 5.88. The van der Waals surface area contributed by atoms with Crippen molar-refractivity contribution in [2.75, 3.05) is 19.1 Å². The Bertz CT molecular complexity index is 832. The Morgan fingerprint density at radius 3 is 2.56 bits per heavy atom. The van der Waals surface area contributed by atoms with Crippen LogP contribution in [-0.2, 0) is 9.63 Å². The highest BCUT2D eigenvalue weighted by molar-refractivity contribution is 6.16. The van der Waals surface area contributed by atoms with E-state index in [4.69, 9.17) is 10.2 Å². The van der Waals surface area contributed by atoms with Crippen LogP contribution < -0.4 is 5.48 Å². The van der Waals surface area contributed by atoms with Gasteiger partial charge >= 0.3 is 0 Å². The Balaban J connectivity index is 1.88. The van der Waals surface area contributed by atoms with Crippen molar-refractivity contribution in [2.45, 2.75) is 18.9 Å². The van der Waals surface area contributed by atoms with Crippen LogP contribution in [-0.4, -0.2) is 35.8 Å². The Morgan fingerprint density at radius 1 is 1.22 bits per heavy atom. The number of carbonyl (C=O) groups is 1. The molecule has 1 atom stereocenters. The number of hydrogen-bond acceptors (Lipinski definition) is 5. The lowest BCUT2D eigenvalue weighted by molar-refractivity contribution is -0.127. The van der Waals surface area contributed by atoms with Crippen molar-refractivity contribution in [3.8, 4) is 0 Å². The number of nitrogens with one attached hydrogen (secondary N) is 2. The van der Waals surface area contributed by atoms with E-state index in [0.29, 0.717) is 12.1 Å². The van der Waals surface area contributed by atoms with Gasteiger partial charge in [-0.1, -0.05) is 30.3 Å². The van der Waals surface area contributed by atoms with Gasteiger partial charge in [0.2, 0.25) is 0 Å². The molecule has 2 aromatic carbocycles. The number of likely N-dealkylation sites (tertiary alicyclic amines) is 1. The topological polar surface area (TPSA) is 85.6 Å². The molecular formula is C21H23N3O3. The number of hydrogen-bond donors (Lipinski definition) is 3. The maximum absolute atomic E-state index is 13.1. The predicted molar refractivity (Wildman–Crippen MR) is 106 cm³/mol. The third-order valence-electron chi connectivity index (χ3n) is 4.71. The van der Waals surface area contributed by atoms with E-state index in [-0.39, 0.29) is 23.3 Å². The van der Waals surface area contributed by atoms with Crippen LogP contribution in [0.3, 0.4) is 0 Å². The van der Waals surface area contributed by atoms with Crippen molar-refractivity contribution in [1.29, 1.82) is 5.41 Å². The monoisotopic (exact) mass is 365 g/mol. The molecule has 0 bridgehead atoms. The number of aliphatic hydroxyl groups excluding tert-OH is 1. The molecule has 1 amide bonds. The second kappa shape index (κ2) is 8.51. The highest BCUT2D eigenvalue weighted by Crippen LogP contribution is 2.33. The number of anilines is 1. The molecule has 1 aliphatic heterocycles. The summed E-state index contributed by atoms with van der Waals surface area (Å²) in [5.74, 6) is -0.523. The first kappa shape index (κ1) is 18.7. The van der Waals surface area contributed by atoms with Crippen molar-refractivity contribution in [3.63, 3.8) is 0 Å². The van der Waals surface area contributed by atoms with Gasteiger partial charge in [0.1, 0.15) is 5.76 Å². The summed E-state index contributed by atoms with van der Waals surface area (Å²) in [5.41, 5.74) is 4.95. The van der Waals surface area contributed by atoms with Crippen molar-refractivity contribution < 1.29 is 14.7 Å². The third-order valence-corrected chi connectivity index (χ3v) is 4.71. The van der Waals surface area contributed by atoms with Crippen LogP contribution in [0.1, 0.15) is 30.0 Å². The minimum Gasteiger partial charge on any atom is -0.506 e. The molecule has 1 unspecified atom stereocenters. The van der Waals surface area contributed by atoms with E-state index in [1.807, 2.05) is 30.3 Å². The van der Waals surface area contributed by atoms with E-state index in [1.54, 1.807) is 29.2 Å². The molecule has 0 spiro atoms. The summed E-state index contributed by atoms with van der Waals surface area (Å²) < 4.78 is 0. The van der Waals surface area contributed by atoms with Crippen LogP contribution in [0.15, 0.2) is 60.2 Å². The normalized spacial score (nSPS) is 17.4. The average molecular weight is 365 g/mol. The van der Waals surface area contributed by atoms with E-state index in [9.17, 15) is 9.90 Å². The molecule has 0 radical (unpaired) electrons. The van der Waals surface area contributed by atoms with Gasteiger partial charge in [0.25, 0.3) is 5.91 Å². The van der Waals surface area contributed by atoms with E-state index in [2.05, 4.69) is 5.48 Å². The Hall–Kier alpha value is -3.12. The van der Waals surface area contributed by atoms with Crippen LogP contribution >= 0.6 is 0 Å². The molecule has 140 valence electrons. The number of rotatable bonds is 6. The first-order valence-corrected chi connectivity index (χ1v) is 8.84. The van der Waals surface area contributed by atoms with Gasteiger partial charge in [-0.3, -0.25) is 15.1 Å². The minimum atomic E-state index is -0.326. The fourth-order valence-electron chi connectivity index (χ4n) is 3.39. The average Bonchev–Trinajstić information content (AvgIpc) is 3.20. The second-order valence-electron chi connectivity index (χ2n) is 6.36. The summed E-state index contributed by atoms with van der Waals surface area (Å²) in [4.78, 5) is 19.6. The second-order valence-corrected chi connectivity index (χ2v) is 6.36. The van der Waals surface area contributed by atoms with E-state index in [0.717, 1.165) is 30.3 Å². The SMILES string of the molecule is CONc1ccc(/C(O)=C(/C=N)C(=O)N2CCCC2c2ccccc2)cc1. The highest BCUT2D eigenvalue weighted by Gasteiger charge is 2.32. The largest absolute Gasteiger partial charge is 0.506 e. The Labute approximate surface area is 158 Å². The third kappa shape index (κ3) is 4.01. The maximum Gasteiger partial charge on any atom is 0.259 e. The van der Waals surface area contributed by atoms with Gasteiger partial charge in [0, 0.05) is 18.3 Å². The van der Waals surface area contributed by atoms with Gasteiger partial charge in [-0.15, -0.1) is 0 Å². The van der Waals surface area contributed by atoms with Crippen molar-refractivity contribution in [1.82, 2.24) is 4.90 Å². The molecule has 1 fully saturated rings. The van der Waals surface area contributed by atoms with Crippen LogP contribution in [0, 0.1) is 5.41 Å². The highest BCUT2D eigenvalue weighted by atomic mass is 16.6. The Morgan fingerprint density at radius 2 is 1.93 bits per heavy atom. The molecular weight excluding hydrogens is 342 g/mol. The molecule has 6 heteroatoms. The van der Waals surface area contributed by atoms with E-state index >= 15 is 0 Å². The lowest BCUT2D eigenvalue weighted by Crippen LogP contribution is -2.32. The number of nitrogens with zero attached hydrogens (tertiary/aromatic N) is 1. The van der Waals surface area contributed by atoms with Gasteiger partial charge < -0.3 is 15.4 Å².